The van der Waals surface area contributed by atoms with Crippen LogP contribution in [-0.2, 0) is 15.7 Å². The number of carbonyl (C=O) groups excluding carboxylic acids is 2. The number of halogens is 3. The third-order valence-corrected chi connectivity index (χ3v) is 3.76. The third kappa shape index (κ3) is 5.15. The molecule has 0 aliphatic rings. The predicted octanol–water partition coefficient (Wildman–Crippen LogP) is 3.91. The van der Waals surface area contributed by atoms with E-state index in [1.165, 1.54) is 33.3 Å². The van der Waals surface area contributed by atoms with E-state index in [-0.39, 0.29) is 17.0 Å². The summed E-state index contributed by atoms with van der Waals surface area (Å²) in [6, 6.07) is 8.42. The van der Waals surface area contributed by atoms with Crippen molar-refractivity contribution in [1.82, 2.24) is 0 Å². The average molecular weight is 397 g/mol. The Balaban J connectivity index is 2.05. The highest BCUT2D eigenvalue weighted by molar-refractivity contribution is 5.98. The molecule has 0 aliphatic carbocycles. The summed E-state index contributed by atoms with van der Waals surface area (Å²) in [5.74, 6) is -0.878. The summed E-state index contributed by atoms with van der Waals surface area (Å²) < 4.78 is 53.0. The molecule has 0 spiro atoms. The summed E-state index contributed by atoms with van der Waals surface area (Å²) in [7, 11) is 2.80. The van der Waals surface area contributed by atoms with E-state index in [9.17, 15) is 22.8 Å². The standard InChI is InChI=1S/C19H18F3NO5/c1-11(17(24)23-13-6-4-12(5-7-13)19(20,21)22)28-18(25)15-10-14(26-2)8-9-16(15)27-3/h4-11H,1-3H3,(H,23,24)/t11-/m1/s1. The molecule has 0 aliphatic heterocycles. The number of anilines is 1. The number of hydrogen-bond acceptors (Lipinski definition) is 5. The number of esters is 1. The number of carbonyl (C=O) groups is 2. The Morgan fingerprint density at radius 3 is 2.18 bits per heavy atom. The summed E-state index contributed by atoms with van der Waals surface area (Å²) in [5, 5.41) is 2.39. The number of amides is 1. The Bertz CT molecular complexity index is 850. The van der Waals surface area contributed by atoms with Crippen LogP contribution >= 0.6 is 0 Å². The topological polar surface area (TPSA) is 73.9 Å². The van der Waals surface area contributed by atoms with Crippen molar-refractivity contribution in [3.8, 4) is 11.5 Å². The Morgan fingerprint density at radius 1 is 1.00 bits per heavy atom. The molecule has 0 fully saturated rings. The van der Waals surface area contributed by atoms with Crippen LogP contribution in [0, 0.1) is 0 Å². The highest BCUT2D eigenvalue weighted by atomic mass is 19.4. The number of hydrogen-bond donors (Lipinski definition) is 1. The van der Waals surface area contributed by atoms with E-state index >= 15 is 0 Å². The molecule has 2 aromatic rings. The second-order valence-corrected chi connectivity index (χ2v) is 5.68. The molecule has 2 aromatic carbocycles. The maximum atomic E-state index is 12.6. The molecule has 0 saturated heterocycles. The van der Waals surface area contributed by atoms with Gasteiger partial charge >= 0.3 is 12.1 Å². The van der Waals surface area contributed by atoms with Gasteiger partial charge in [-0.25, -0.2) is 4.79 Å². The van der Waals surface area contributed by atoms with Gasteiger partial charge in [-0.1, -0.05) is 0 Å². The van der Waals surface area contributed by atoms with Crippen molar-refractivity contribution in [3.63, 3.8) is 0 Å². The molecule has 0 unspecified atom stereocenters. The first-order valence-electron chi connectivity index (χ1n) is 8.07. The number of benzene rings is 2. The normalized spacial score (nSPS) is 12.1. The first-order valence-corrected chi connectivity index (χ1v) is 8.07. The number of ether oxygens (including phenoxy) is 3. The molecule has 0 aromatic heterocycles. The lowest BCUT2D eigenvalue weighted by Crippen LogP contribution is -2.30. The molecular weight excluding hydrogens is 379 g/mol. The molecule has 0 bridgehead atoms. The molecule has 6 nitrogen and oxygen atoms in total. The van der Waals surface area contributed by atoms with Gasteiger partial charge in [0.15, 0.2) is 6.10 Å². The first kappa shape index (κ1) is 21.1. The van der Waals surface area contributed by atoms with E-state index in [1.807, 2.05) is 0 Å². The monoisotopic (exact) mass is 397 g/mol. The second kappa shape index (κ2) is 8.64. The zero-order valence-electron chi connectivity index (χ0n) is 15.3. The van der Waals surface area contributed by atoms with Crippen molar-refractivity contribution in [1.29, 1.82) is 0 Å². The van der Waals surface area contributed by atoms with Gasteiger partial charge in [-0.15, -0.1) is 0 Å². The molecule has 1 N–H and O–H groups in total. The minimum absolute atomic E-state index is 0.0658. The molecule has 1 atom stereocenters. The van der Waals surface area contributed by atoms with Gasteiger partial charge in [-0.2, -0.15) is 13.2 Å². The van der Waals surface area contributed by atoms with E-state index < -0.39 is 29.7 Å². The molecule has 1 amide bonds. The Kier molecular flexibility index (Phi) is 6.50. The van der Waals surface area contributed by atoms with Gasteiger partial charge in [-0.3, -0.25) is 4.79 Å². The number of rotatable bonds is 6. The fourth-order valence-electron chi connectivity index (χ4n) is 2.24. The van der Waals surface area contributed by atoms with Crippen LogP contribution in [0.5, 0.6) is 11.5 Å². The van der Waals surface area contributed by atoms with Crippen LogP contribution in [0.15, 0.2) is 42.5 Å². The molecular formula is C19H18F3NO5. The van der Waals surface area contributed by atoms with Crippen molar-refractivity contribution >= 4 is 17.6 Å². The molecule has 28 heavy (non-hydrogen) atoms. The maximum absolute atomic E-state index is 12.6. The minimum Gasteiger partial charge on any atom is -0.497 e. The highest BCUT2D eigenvalue weighted by Crippen LogP contribution is 2.30. The SMILES string of the molecule is COc1ccc(OC)c(C(=O)O[C@H](C)C(=O)Nc2ccc(C(F)(F)F)cc2)c1. The summed E-state index contributed by atoms with van der Waals surface area (Å²) >= 11 is 0. The highest BCUT2D eigenvalue weighted by Gasteiger charge is 2.30. The van der Waals surface area contributed by atoms with Crippen molar-refractivity contribution in [3.05, 3.63) is 53.6 Å². The number of alkyl halides is 3. The van der Waals surface area contributed by atoms with E-state index in [1.54, 1.807) is 6.07 Å². The Hall–Kier alpha value is -3.23. The van der Waals surface area contributed by atoms with E-state index in [0.717, 1.165) is 24.3 Å². The Morgan fingerprint density at radius 2 is 1.64 bits per heavy atom. The van der Waals surface area contributed by atoms with Crippen LogP contribution in [0.1, 0.15) is 22.8 Å². The summed E-state index contributed by atoms with van der Waals surface area (Å²) in [6.07, 6.45) is -5.67. The van der Waals surface area contributed by atoms with Crippen LogP contribution in [-0.4, -0.2) is 32.2 Å². The second-order valence-electron chi connectivity index (χ2n) is 5.68. The van der Waals surface area contributed by atoms with Crippen molar-refractivity contribution in [2.75, 3.05) is 19.5 Å². The fraction of sp³-hybridized carbons (Fsp3) is 0.263. The molecule has 0 heterocycles. The van der Waals surface area contributed by atoms with Crippen molar-refractivity contribution in [2.24, 2.45) is 0 Å². The van der Waals surface area contributed by atoms with Gasteiger partial charge in [0.25, 0.3) is 5.91 Å². The molecule has 2 rings (SSSR count). The lowest BCUT2D eigenvalue weighted by Gasteiger charge is -2.15. The van der Waals surface area contributed by atoms with Crippen LogP contribution in [0.4, 0.5) is 18.9 Å². The third-order valence-electron chi connectivity index (χ3n) is 3.76. The molecule has 0 saturated carbocycles. The van der Waals surface area contributed by atoms with Crippen molar-refractivity contribution in [2.45, 2.75) is 19.2 Å². The van der Waals surface area contributed by atoms with Gasteiger partial charge < -0.3 is 19.5 Å². The largest absolute Gasteiger partial charge is 0.497 e. The lowest BCUT2D eigenvalue weighted by molar-refractivity contribution is -0.137. The van der Waals surface area contributed by atoms with Crippen LogP contribution in [0.3, 0.4) is 0 Å². The lowest BCUT2D eigenvalue weighted by atomic mass is 10.2. The van der Waals surface area contributed by atoms with Gasteiger partial charge in [0, 0.05) is 5.69 Å². The van der Waals surface area contributed by atoms with Gasteiger partial charge in [0.1, 0.15) is 17.1 Å². The maximum Gasteiger partial charge on any atom is 0.416 e. The quantitative estimate of drug-likeness (QED) is 0.749. The summed E-state index contributed by atoms with van der Waals surface area (Å²) in [4.78, 5) is 24.5. The summed E-state index contributed by atoms with van der Waals surface area (Å²) in [6.45, 7) is 1.34. The predicted molar refractivity (Wildman–Crippen MR) is 94.5 cm³/mol. The van der Waals surface area contributed by atoms with E-state index in [2.05, 4.69) is 5.32 Å². The van der Waals surface area contributed by atoms with Crippen molar-refractivity contribution < 1.29 is 37.0 Å². The van der Waals surface area contributed by atoms with E-state index in [0.29, 0.717) is 5.75 Å². The first-order chi connectivity index (χ1) is 13.2. The Labute approximate surface area is 159 Å². The van der Waals surface area contributed by atoms with Gasteiger partial charge in [-0.05, 0) is 49.4 Å². The fourth-order valence-corrected chi connectivity index (χ4v) is 2.24. The molecule has 150 valence electrons. The van der Waals surface area contributed by atoms with Crippen LogP contribution in [0.25, 0.3) is 0 Å². The van der Waals surface area contributed by atoms with Gasteiger partial charge in [0.05, 0.1) is 19.8 Å². The zero-order valence-corrected chi connectivity index (χ0v) is 15.3. The van der Waals surface area contributed by atoms with E-state index in [4.69, 9.17) is 14.2 Å². The average Bonchev–Trinajstić information content (AvgIpc) is 2.66. The van der Waals surface area contributed by atoms with Crippen LogP contribution < -0.4 is 14.8 Å². The van der Waals surface area contributed by atoms with Crippen LogP contribution in [0.2, 0.25) is 0 Å². The summed E-state index contributed by atoms with van der Waals surface area (Å²) in [5.41, 5.74) is -0.633. The smallest absolute Gasteiger partial charge is 0.416 e. The zero-order chi connectivity index (χ0) is 20.9. The minimum atomic E-state index is -4.47. The van der Waals surface area contributed by atoms with Gasteiger partial charge in [0.2, 0.25) is 0 Å². The molecule has 9 heteroatoms. The molecule has 0 radical (unpaired) electrons. The number of nitrogens with one attached hydrogen (secondary N) is 1. The number of methoxy groups -OCH3 is 2.